The molecule has 106 valence electrons. The standard InChI is InChI=1S/C14H10N2O4S/c1-20-12-7-9(16(18)19)4-5-10(12)14(17)11(8-15)13-3-2-6-21-13/h2-7,11H,1H3. The number of ether oxygens (including phenoxy) is 1. The molecule has 1 heterocycles. The van der Waals surface area contributed by atoms with Crippen molar-refractivity contribution < 1.29 is 14.5 Å². The van der Waals surface area contributed by atoms with Crippen LogP contribution in [-0.2, 0) is 0 Å². The first kappa shape index (κ1) is 14.7. The molecule has 2 aromatic rings. The Bertz CT molecular complexity index is 719. The molecule has 2 rings (SSSR count). The second kappa shape index (κ2) is 6.15. The van der Waals surface area contributed by atoms with Crippen LogP contribution in [0, 0.1) is 21.4 Å². The Hall–Kier alpha value is -2.72. The summed E-state index contributed by atoms with van der Waals surface area (Å²) in [5.74, 6) is -1.29. The topological polar surface area (TPSA) is 93.2 Å². The molecule has 7 heteroatoms. The largest absolute Gasteiger partial charge is 0.496 e. The molecule has 0 bridgehead atoms. The molecule has 0 aliphatic carbocycles. The third-order valence-electron chi connectivity index (χ3n) is 2.88. The van der Waals surface area contributed by atoms with Crippen molar-refractivity contribution in [2.75, 3.05) is 7.11 Å². The Kier molecular flexibility index (Phi) is 4.30. The van der Waals surface area contributed by atoms with Gasteiger partial charge in [-0.2, -0.15) is 5.26 Å². The summed E-state index contributed by atoms with van der Waals surface area (Å²) < 4.78 is 5.04. The molecule has 0 saturated carbocycles. The van der Waals surface area contributed by atoms with Gasteiger partial charge in [0.05, 0.1) is 29.7 Å². The summed E-state index contributed by atoms with van der Waals surface area (Å²) >= 11 is 1.31. The van der Waals surface area contributed by atoms with Gasteiger partial charge in [0.2, 0.25) is 0 Å². The van der Waals surface area contributed by atoms with Gasteiger partial charge in [-0.25, -0.2) is 0 Å². The summed E-state index contributed by atoms with van der Waals surface area (Å²) in [6.07, 6.45) is 0. The van der Waals surface area contributed by atoms with E-state index in [1.165, 1.54) is 36.6 Å². The molecule has 1 aromatic heterocycles. The maximum atomic E-state index is 12.5. The number of nitro benzene ring substituents is 1. The van der Waals surface area contributed by atoms with Crippen LogP contribution in [0.5, 0.6) is 5.75 Å². The number of nitro groups is 1. The van der Waals surface area contributed by atoms with Crippen LogP contribution in [0.2, 0.25) is 0 Å². The number of carbonyl (C=O) groups excluding carboxylic acids is 1. The van der Waals surface area contributed by atoms with Crippen molar-refractivity contribution in [3.63, 3.8) is 0 Å². The Morgan fingerprint density at radius 3 is 2.76 bits per heavy atom. The first-order valence-corrected chi connectivity index (χ1v) is 6.76. The van der Waals surface area contributed by atoms with Gasteiger partial charge < -0.3 is 4.74 Å². The van der Waals surface area contributed by atoms with Crippen molar-refractivity contribution in [3.05, 3.63) is 56.3 Å². The number of hydrogen-bond donors (Lipinski definition) is 0. The molecular weight excluding hydrogens is 292 g/mol. The normalized spacial score (nSPS) is 11.4. The molecule has 0 spiro atoms. The number of Topliss-reactive ketones (excluding diaryl/α,β-unsaturated/α-hetero) is 1. The highest BCUT2D eigenvalue weighted by Gasteiger charge is 2.26. The van der Waals surface area contributed by atoms with E-state index in [1.54, 1.807) is 17.5 Å². The van der Waals surface area contributed by atoms with E-state index in [4.69, 9.17) is 4.74 Å². The van der Waals surface area contributed by atoms with Crippen molar-refractivity contribution in [1.29, 1.82) is 5.26 Å². The number of thiophene rings is 1. The Balaban J connectivity index is 2.43. The number of rotatable bonds is 5. The SMILES string of the molecule is COc1cc([N+](=O)[O-])ccc1C(=O)C(C#N)c1cccs1. The van der Waals surface area contributed by atoms with Gasteiger partial charge in [0.15, 0.2) is 5.78 Å². The van der Waals surface area contributed by atoms with Crippen LogP contribution < -0.4 is 4.74 Å². The molecule has 0 aliphatic heterocycles. The van der Waals surface area contributed by atoms with Crippen LogP contribution in [0.4, 0.5) is 5.69 Å². The molecule has 1 unspecified atom stereocenters. The molecule has 0 fully saturated rings. The van der Waals surface area contributed by atoms with E-state index < -0.39 is 16.6 Å². The van der Waals surface area contributed by atoms with Gasteiger partial charge >= 0.3 is 0 Å². The van der Waals surface area contributed by atoms with Gasteiger partial charge in [0.1, 0.15) is 11.7 Å². The van der Waals surface area contributed by atoms with E-state index in [1.807, 2.05) is 6.07 Å². The van der Waals surface area contributed by atoms with E-state index in [0.29, 0.717) is 4.88 Å². The molecular formula is C14H10N2O4S. The lowest BCUT2D eigenvalue weighted by Gasteiger charge is -2.10. The summed E-state index contributed by atoms with van der Waals surface area (Å²) in [7, 11) is 1.32. The maximum Gasteiger partial charge on any atom is 0.273 e. The van der Waals surface area contributed by atoms with Crippen LogP contribution in [0.15, 0.2) is 35.7 Å². The highest BCUT2D eigenvalue weighted by molar-refractivity contribution is 7.10. The average Bonchev–Trinajstić information content (AvgIpc) is 3.01. The molecule has 0 saturated heterocycles. The molecule has 21 heavy (non-hydrogen) atoms. The lowest BCUT2D eigenvalue weighted by atomic mass is 9.96. The highest BCUT2D eigenvalue weighted by atomic mass is 32.1. The van der Waals surface area contributed by atoms with Gasteiger partial charge in [-0.05, 0) is 17.5 Å². The molecule has 6 nitrogen and oxygen atoms in total. The first-order valence-electron chi connectivity index (χ1n) is 5.88. The molecule has 0 N–H and O–H groups in total. The van der Waals surface area contributed by atoms with Crippen molar-refractivity contribution in [1.82, 2.24) is 0 Å². The third kappa shape index (κ3) is 2.90. The van der Waals surface area contributed by atoms with Crippen LogP contribution in [0.25, 0.3) is 0 Å². The smallest absolute Gasteiger partial charge is 0.273 e. The molecule has 0 amide bonds. The zero-order chi connectivity index (χ0) is 15.4. The number of methoxy groups -OCH3 is 1. The number of nitriles is 1. The van der Waals surface area contributed by atoms with Crippen molar-refractivity contribution in [3.8, 4) is 11.8 Å². The van der Waals surface area contributed by atoms with E-state index in [0.717, 1.165) is 0 Å². The van der Waals surface area contributed by atoms with Gasteiger partial charge in [-0.15, -0.1) is 11.3 Å². The molecule has 1 aromatic carbocycles. The second-order valence-electron chi connectivity index (χ2n) is 4.08. The predicted molar refractivity (Wildman–Crippen MR) is 76.7 cm³/mol. The van der Waals surface area contributed by atoms with Crippen LogP contribution in [-0.4, -0.2) is 17.8 Å². The monoisotopic (exact) mass is 302 g/mol. The van der Waals surface area contributed by atoms with Crippen LogP contribution in [0.1, 0.15) is 21.2 Å². The number of non-ortho nitro benzene ring substituents is 1. The minimum absolute atomic E-state index is 0.0889. The predicted octanol–water partition coefficient (Wildman–Crippen LogP) is 3.15. The Labute approximate surface area is 124 Å². The summed E-state index contributed by atoms with van der Waals surface area (Å²) in [6, 6.07) is 9.13. The number of hydrogen-bond acceptors (Lipinski definition) is 6. The zero-order valence-corrected chi connectivity index (χ0v) is 11.8. The fourth-order valence-corrected chi connectivity index (χ4v) is 2.63. The van der Waals surface area contributed by atoms with Crippen molar-refractivity contribution >= 4 is 22.8 Å². The Morgan fingerprint density at radius 2 is 2.24 bits per heavy atom. The highest BCUT2D eigenvalue weighted by Crippen LogP contribution is 2.31. The number of nitrogens with zero attached hydrogens (tertiary/aromatic N) is 2. The fraction of sp³-hybridized carbons (Fsp3) is 0.143. The average molecular weight is 302 g/mol. The van der Waals surface area contributed by atoms with Gasteiger partial charge in [0.25, 0.3) is 5.69 Å². The second-order valence-corrected chi connectivity index (χ2v) is 5.06. The van der Waals surface area contributed by atoms with E-state index in [2.05, 4.69) is 0 Å². The molecule has 1 atom stereocenters. The summed E-state index contributed by atoms with van der Waals surface area (Å²) in [6.45, 7) is 0. The van der Waals surface area contributed by atoms with Gasteiger partial charge in [-0.3, -0.25) is 14.9 Å². The molecule has 0 aliphatic rings. The summed E-state index contributed by atoms with van der Waals surface area (Å²) in [4.78, 5) is 23.3. The first-order chi connectivity index (χ1) is 10.1. The maximum absolute atomic E-state index is 12.5. The van der Waals surface area contributed by atoms with Crippen LogP contribution >= 0.6 is 11.3 Å². The third-order valence-corrected chi connectivity index (χ3v) is 3.82. The van der Waals surface area contributed by atoms with Crippen molar-refractivity contribution in [2.45, 2.75) is 5.92 Å². The fourth-order valence-electron chi connectivity index (χ4n) is 1.86. The quantitative estimate of drug-likeness (QED) is 0.480. The van der Waals surface area contributed by atoms with Crippen LogP contribution in [0.3, 0.4) is 0 Å². The number of carbonyl (C=O) groups is 1. The summed E-state index contributed by atoms with van der Waals surface area (Å²) in [5.41, 5.74) is -0.0175. The van der Waals surface area contributed by atoms with Gasteiger partial charge in [0, 0.05) is 10.9 Å². The number of benzene rings is 1. The zero-order valence-electron chi connectivity index (χ0n) is 11.0. The van der Waals surface area contributed by atoms with E-state index in [-0.39, 0.29) is 17.0 Å². The lowest BCUT2D eigenvalue weighted by molar-refractivity contribution is -0.384. The Morgan fingerprint density at radius 1 is 1.48 bits per heavy atom. The van der Waals surface area contributed by atoms with E-state index in [9.17, 15) is 20.2 Å². The van der Waals surface area contributed by atoms with Crippen molar-refractivity contribution in [2.24, 2.45) is 0 Å². The minimum atomic E-state index is -0.944. The lowest BCUT2D eigenvalue weighted by Crippen LogP contribution is -2.11. The minimum Gasteiger partial charge on any atom is -0.496 e. The van der Waals surface area contributed by atoms with E-state index >= 15 is 0 Å². The summed E-state index contributed by atoms with van der Waals surface area (Å²) in [5, 5.41) is 21.7. The van der Waals surface area contributed by atoms with Gasteiger partial charge in [-0.1, -0.05) is 6.07 Å². The molecule has 0 radical (unpaired) electrons. The number of ketones is 1.